The summed E-state index contributed by atoms with van der Waals surface area (Å²) in [4.78, 5) is 0. The van der Waals surface area contributed by atoms with E-state index in [-0.39, 0.29) is 0 Å². The lowest BCUT2D eigenvalue weighted by Gasteiger charge is -2.13. The molecule has 0 spiro atoms. The zero-order valence-electron chi connectivity index (χ0n) is 8.76. The standard InChI is InChI=1S/C11H16Cl2N2/c1-8(5-6-14)15-7-9-3-2-4-10(12)11(9)13/h2-4,8,15H,5-7,14H2,1H3. The average Bonchev–Trinajstić information content (AvgIpc) is 2.21. The Morgan fingerprint density at radius 1 is 1.40 bits per heavy atom. The maximum Gasteiger partial charge on any atom is 0.0637 e. The van der Waals surface area contributed by atoms with Gasteiger partial charge in [0.2, 0.25) is 0 Å². The SMILES string of the molecule is CC(CCN)NCc1cccc(Cl)c1Cl. The molecular weight excluding hydrogens is 231 g/mol. The molecule has 0 aliphatic rings. The fourth-order valence-corrected chi connectivity index (χ4v) is 1.71. The van der Waals surface area contributed by atoms with Crippen LogP contribution in [0.1, 0.15) is 18.9 Å². The van der Waals surface area contributed by atoms with Gasteiger partial charge in [-0.05, 0) is 31.5 Å². The van der Waals surface area contributed by atoms with E-state index in [2.05, 4.69) is 12.2 Å². The number of hydrogen-bond donors (Lipinski definition) is 2. The van der Waals surface area contributed by atoms with E-state index in [4.69, 9.17) is 28.9 Å². The normalized spacial score (nSPS) is 12.8. The molecule has 0 bridgehead atoms. The predicted molar refractivity (Wildman–Crippen MR) is 66.4 cm³/mol. The van der Waals surface area contributed by atoms with E-state index in [1.165, 1.54) is 0 Å². The third-order valence-corrected chi connectivity index (χ3v) is 3.13. The number of nitrogens with one attached hydrogen (secondary N) is 1. The summed E-state index contributed by atoms with van der Waals surface area (Å²) in [5.74, 6) is 0. The van der Waals surface area contributed by atoms with Crippen molar-refractivity contribution in [3.8, 4) is 0 Å². The van der Waals surface area contributed by atoms with Crippen LogP contribution in [0.25, 0.3) is 0 Å². The second-order valence-corrected chi connectivity index (χ2v) is 4.36. The van der Waals surface area contributed by atoms with Crippen LogP contribution < -0.4 is 11.1 Å². The number of benzene rings is 1. The summed E-state index contributed by atoms with van der Waals surface area (Å²) in [7, 11) is 0. The highest BCUT2D eigenvalue weighted by Crippen LogP contribution is 2.25. The van der Waals surface area contributed by atoms with Crippen LogP contribution in [-0.4, -0.2) is 12.6 Å². The molecule has 0 saturated carbocycles. The minimum Gasteiger partial charge on any atom is -0.330 e. The summed E-state index contributed by atoms with van der Waals surface area (Å²) in [5, 5.41) is 4.58. The molecule has 0 aliphatic heterocycles. The lowest BCUT2D eigenvalue weighted by Crippen LogP contribution is -2.27. The van der Waals surface area contributed by atoms with Crippen LogP contribution in [0.2, 0.25) is 10.0 Å². The number of halogens is 2. The molecule has 0 saturated heterocycles. The van der Waals surface area contributed by atoms with Crippen molar-refractivity contribution in [2.75, 3.05) is 6.54 Å². The first kappa shape index (κ1) is 12.8. The van der Waals surface area contributed by atoms with Gasteiger partial charge in [-0.1, -0.05) is 35.3 Å². The van der Waals surface area contributed by atoms with Crippen molar-refractivity contribution in [2.24, 2.45) is 5.73 Å². The molecule has 1 rings (SSSR count). The second-order valence-electron chi connectivity index (χ2n) is 3.57. The van der Waals surface area contributed by atoms with Crippen LogP contribution in [0.15, 0.2) is 18.2 Å². The third-order valence-electron chi connectivity index (χ3n) is 2.27. The Labute approximate surface area is 101 Å². The van der Waals surface area contributed by atoms with E-state index in [1.807, 2.05) is 12.1 Å². The fraction of sp³-hybridized carbons (Fsp3) is 0.455. The van der Waals surface area contributed by atoms with Crippen LogP contribution in [0, 0.1) is 0 Å². The average molecular weight is 247 g/mol. The topological polar surface area (TPSA) is 38.0 Å². The van der Waals surface area contributed by atoms with E-state index in [1.54, 1.807) is 6.07 Å². The highest BCUT2D eigenvalue weighted by atomic mass is 35.5. The largest absolute Gasteiger partial charge is 0.330 e. The van der Waals surface area contributed by atoms with E-state index in [0.717, 1.165) is 18.5 Å². The highest BCUT2D eigenvalue weighted by Gasteiger charge is 2.05. The molecule has 0 aromatic heterocycles. The highest BCUT2D eigenvalue weighted by molar-refractivity contribution is 6.42. The van der Waals surface area contributed by atoms with E-state index < -0.39 is 0 Å². The van der Waals surface area contributed by atoms with Gasteiger partial charge in [-0.15, -0.1) is 0 Å². The van der Waals surface area contributed by atoms with Gasteiger partial charge in [0, 0.05) is 12.6 Å². The van der Waals surface area contributed by atoms with Gasteiger partial charge >= 0.3 is 0 Å². The van der Waals surface area contributed by atoms with Gasteiger partial charge in [0.25, 0.3) is 0 Å². The molecule has 1 atom stereocenters. The molecule has 1 aromatic carbocycles. The fourth-order valence-electron chi connectivity index (χ4n) is 1.32. The molecule has 0 radical (unpaired) electrons. The van der Waals surface area contributed by atoms with Gasteiger partial charge in [-0.3, -0.25) is 0 Å². The molecule has 0 fully saturated rings. The van der Waals surface area contributed by atoms with Crippen LogP contribution in [0.4, 0.5) is 0 Å². The quantitative estimate of drug-likeness (QED) is 0.839. The molecular formula is C11H16Cl2N2. The van der Waals surface area contributed by atoms with Gasteiger partial charge < -0.3 is 11.1 Å². The van der Waals surface area contributed by atoms with Gasteiger partial charge in [-0.25, -0.2) is 0 Å². The van der Waals surface area contributed by atoms with Gasteiger partial charge in [0.1, 0.15) is 0 Å². The van der Waals surface area contributed by atoms with Crippen LogP contribution in [0.5, 0.6) is 0 Å². The number of hydrogen-bond acceptors (Lipinski definition) is 2. The maximum atomic E-state index is 6.06. The second kappa shape index (κ2) is 6.33. The third kappa shape index (κ3) is 3.99. The zero-order valence-corrected chi connectivity index (χ0v) is 10.3. The van der Waals surface area contributed by atoms with Crippen LogP contribution in [0.3, 0.4) is 0 Å². The Morgan fingerprint density at radius 2 is 2.13 bits per heavy atom. The molecule has 2 nitrogen and oxygen atoms in total. The zero-order chi connectivity index (χ0) is 11.3. The van der Waals surface area contributed by atoms with E-state index in [9.17, 15) is 0 Å². The Bertz CT molecular complexity index is 315. The Balaban J connectivity index is 2.54. The summed E-state index contributed by atoms with van der Waals surface area (Å²) in [5.41, 5.74) is 6.49. The molecule has 84 valence electrons. The van der Waals surface area contributed by atoms with Crippen LogP contribution >= 0.6 is 23.2 Å². The maximum absolute atomic E-state index is 6.06. The van der Waals surface area contributed by atoms with Crippen molar-refractivity contribution in [1.82, 2.24) is 5.32 Å². The van der Waals surface area contributed by atoms with Crippen molar-refractivity contribution in [3.05, 3.63) is 33.8 Å². The summed E-state index contributed by atoms with van der Waals surface area (Å²) in [6.45, 7) is 3.52. The minimum absolute atomic E-state index is 0.394. The van der Waals surface area contributed by atoms with Crippen molar-refractivity contribution in [3.63, 3.8) is 0 Å². The summed E-state index contributed by atoms with van der Waals surface area (Å²) in [6, 6.07) is 6.05. The predicted octanol–water partition coefficient (Wildman–Crippen LogP) is 2.82. The lowest BCUT2D eigenvalue weighted by molar-refractivity contribution is 0.520. The van der Waals surface area contributed by atoms with E-state index in [0.29, 0.717) is 22.6 Å². The number of nitrogens with two attached hydrogens (primary N) is 1. The first-order chi connectivity index (χ1) is 7.15. The van der Waals surface area contributed by atoms with Crippen LogP contribution in [-0.2, 0) is 6.54 Å². The van der Waals surface area contributed by atoms with Crippen molar-refractivity contribution in [2.45, 2.75) is 25.9 Å². The summed E-state index contributed by atoms with van der Waals surface area (Å²) >= 11 is 12.0. The molecule has 0 heterocycles. The molecule has 15 heavy (non-hydrogen) atoms. The Morgan fingerprint density at radius 3 is 2.80 bits per heavy atom. The van der Waals surface area contributed by atoms with Gasteiger partial charge in [0.15, 0.2) is 0 Å². The summed E-state index contributed by atoms with van der Waals surface area (Å²) < 4.78 is 0. The molecule has 1 unspecified atom stereocenters. The minimum atomic E-state index is 0.394. The smallest absolute Gasteiger partial charge is 0.0637 e. The molecule has 0 amide bonds. The van der Waals surface area contributed by atoms with Crippen molar-refractivity contribution in [1.29, 1.82) is 0 Å². The van der Waals surface area contributed by atoms with Gasteiger partial charge in [-0.2, -0.15) is 0 Å². The number of rotatable bonds is 5. The molecule has 0 aliphatic carbocycles. The Hall–Kier alpha value is -0.280. The summed E-state index contributed by atoms with van der Waals surface area (Å²) in [6.07, 6.45) is 0.957. The first-order valence-corrected chi connectivity index (χ1v) is 5.77. The Kier molecular flexibility index (Phi) is 5.40. The molecule has 1 aromatic rings. The van der Waals surface area contributed by atoms with Crippen molar-refractivity contribution >= 4 is 23.2 Å². The van der Waals surface area contributed by atoms with Gasteiger partial charge in [0.05, 0.1) is 10.0 Å². The lowest BCUT2D eigenvalue weighted by atomic mass is 10.2. The first-order valence-electron chi connectivity index (χ1n) is 5.01. The van der Waals surface area contributed by atoms with E-state index >= 15 is 0 Å². The molecule has 3 N–H and O–H groups in total. The van der Waals surface area contributed by atoms with Crippen molar-refractivity contribution < 1.29 is 0 Å². The molecule has 4 heteroatoms. The monoisotopic (exact) mass is 246 g/mol.